The molecular formula is C16H20O4. The number of aliphatic carboxylic acids is 2. The van der Waals surface area contributed by atoms with Gasteiger partial charge in [0, 0.05) is 6.08 Å². The van der Waals surface area contributed by atoms with E-state index >= 15 is 0 Å². The van der Waals surface area contributed by atoms with Gasteiger partial charge in [-0.15, -0.1) is 0 Å². The van der Waals surface area contributed by atoms with Crippen molar-refractivity contribution in [2.75, 3.05) is 0 Å². The first-order valence-electron chi connectivity index (χ1n) is 6.62. The molecule has 4 nitrogen and oxygen atoms in total. The van der Waals surface area contributed by atoms with Crippen LogP contribution >= 0.6 is 0 Å². The standard InChI is InChI=1S/C8H10O2.C5H6.C3H4O2/c9-8(10)7-4-5-1-2-6(7)3-5;1-2-4-5-3-1;1-2-3(4)5/h1-2,5-7H,3-4H2,(H,9,10);1-4H,5H2;2H,1H2,(H,4,5). The molecule has 3 atom stereocenters. The van der Waals surface area contributed by atoms with Crippen LogP contribution in [-0.4, -0.2) is 22.2 Å². The van der Waals surface area contributed by atoms with Crippen molar-refractivity contribution < 1.29 is 19.8 Å². The van der Waals surface area contributed by atoms with Crippen LogP contribution in [-0.2, 0) is 9.59 Å². The van der Waals surface area contributed by atoms with E-state index in [-0.39, 0.29) is 5.92 Å². The second kappa shape index (κ2) is 8.15. The Labute approximate surface area is 118 Å². The molecule has 108 valence electrons. The molecule has 0 aromatic rings. The van der Waals surface area contributed by atoms with Gasteiger partial charge in [-0.2, -0.15) is 0 Å². The summed E-state index contributed by atoms with van der Waals surface area (Å²) in [7, 11) is 0. The number of hydrogen-bond acceptors (Lipinski definition) is 2. The van der Waals surface area contributed by atoms with Gasteiger partial charge in [0.15, 0.2) is 0 Å². The van der Waals surface area contributed by atoms with Crippen LogP contribution in [0.25, 0.3) is 0 Å². The van der Waals surface area contributed by atoms with Gasteiger partial charge >= 0.3 is 11.9 Å². The summed E-state index contributed by atoms with van der Waals surface area (Å²) in [5.74, 6) is -0.745. The van der Waals surface area contributed by atoms with Crippen molar-refractivity contribution in [2.45, 2.75) is 19.3 Å². The van der Waals surface area contributed by atoms with E-state index in [9.17, 15) is 9.59 Å². The molecule has 0 aliphatic heterocycles. The van der Waals surface area contributed by atoms with E-state index in [1.165, 1.54) is 0 Å². The minimum atomic E-state index is -0.981. The molecule has 2 bridgehead atoms. The average molecular weight is 276 g/mol. The molecule has 0 aromatic heterocycles. The van der Waals surface area contributed by atoms with Crippen LogP contribution in [0.4, 0.5) is 0 Å². The zero-order valence-electron chi connectivity index (χ0n) is 11.3. The van der Waals surface area contributed by atoms with Gasteiger partial charge in [-0.3, -0.25) is 4.79 Å². The molecule has 20 heavy (non-hydrogen) atoms. The van der Waals surface area contributed by atoms with Gasteiger partial charge in [0.25, 0.3) is 0 Å². The normalized spacial score (nSPS) is 27.3. The van der Waals surface area contributed by atoms with Crippen LogP contribution in [0.15, 0.2) is 49.1 Å². The lowest BCUT2D eigenvalue weighted by atomic mass is 9.94. The van der Waals surface area contributed by atoms with Crippen molar-refractivity contribution >= 4 is 11.9 Å². The quantitative estimate of drug-likeness (QED) is 0.600. The lowest BCUT2D eigenvalue weighted by molar-refractivity contribution is -0.142. The molecule has 3 unspecified atom stereocenters. The number of allylic oxidation sites excluding steroid dienone is 6. The smallest absolute Gasteiger partial charge is 0.327 e. The SMILES string of the molecule is C1=CCC=C1.C=CC(=O)O.O=C(O)C1CC2C=CC1C2. The van der Waals surface area contributed by atoms with E-state index in [1.807, 2.05) is 0 Å². The molecule has 4 heteroatoms. The molecule has 0 aromatic carbocycles. The summed E-state index contributed by atoms with van der Waals surface area (Å²) in [6.07, 6.45) is 16.5. The summed E-state index contributed by atoms with van der Waals surface area (Å²) in [4.78, 5) is 19.8. The van der Waals surface area contributed by atoms with Crippen molar-refractivity contribution in [1.82, 2.24) is 0 Å². The van der Waals surface area contributed by atoms with E-state index in [2.05, 4.69) is 43.0 Å². The fourth-order valence-corrected chi connectivity index (χ4v) is 2.46. The van der Waals surface area contributed by atoms with Gasteiger partial charge in [0.1, 0.15) is 0 Å². The summed E-state index contributed by atoms with van der Waals surface area (Å²) in [6.45, 7) is 2.96. The molecule has 0 saturated heterocycles. The van der Waals surface area contributed by atoms with Gasteiger partial charge in [-0.05, 0) is 31.1 Å². The molecule has 0 radical (unpaired) electrons. The zero-order chi connectivity index (χ0) is 15.0. The molecule has 1 fully saturated rings. The Kier molecular flexibility index (Phi) is 6.50. The monoisotopic (exact) mass is 276 g/mol. The first kappa shape index (κ1) is 16.0. The van der Waals surface area contributed by atoms with Gasteiger partial charge in [0.2, 0.25) is 0 Å². The first-order chi connectivity index (χ1) is 9.54. The summed E-state index contributed by atoms with van der Waals surface area (Å²) >= 11 is 0. The lowest BCUT2D eigenvalue weighted by Gasteiger charge is -2.11. The van der Waals surface area contributed by atoms with Crippen LogP contribution in [0.2, 0.25) is 0 Å². The van der Waals surface area contributed by atoms with Crippen LogP contribution in [0.3, 0.4) is 0 Å². The Morgan fingerprint density at radius 1 is 1.10 bits per heavy atom. The number of carboxylic acid groups (broad SMARTS) is 2. The average Bonchev–Trinajstić information content (AvgIpc) is 3.17. The molecule has 0 amide bonds. The number of hydrogen-bond donors (Lipinski definition) is 2. The van der Waals surface area contributed by atoms with Crippen LogP contribution in [0, 0.1) is 17.8 Å². The van der Waals surface area contributed by atoms with Crippen molar-refractivity contribution in [3.05, 3.63) is 49.1 Å². The van der Waals surface area contributed by atoms with E-state index in [0.29, 0.717) is 11.8 Å². The Morgan fingerprint density at radius 3 is 1.90 bits per heavy atom. The highest BCUT2D eigenvalue weighted by atomic mass is 16.4. The second-order valence-corrected chi connectivity index (χ2v) is 4.86. The molecular weight excluding hydrogens is 256 g/mol. The molecule has 3 aliphatic carbocycles. The molecule has 3 aliphatic rings. The largest absolute Gasteiger partial charge is 0.481 e. The summed E-state index contributed by atoms with van der Waals surface area (Å²) < 4.78 is 0. The van der Waals surface area contributed by atoms with Crippen LogP contribution in [0.5, 0.6) is 0 Å². The summed E-state index contributed by atoms with van der Waals surface area (Å²) in [6, 6.07) is 0. The Balaban J connectivity index is 0.000000170. The second-order valence-electron chi connectivity index (χ2n) is 4.86. The predicted molar refractivity (Wildman–Crippen MR) is 77.2 cm³/mol. The van der Waals surface area contributed by atoms with Crippen molar-refractivity contribution in [3.63, 3.8) is 0 Å². The molecule has 2 N–H and O–H groups in total. The molecule has 3 rings (SSSR count). The highest BCUT2D eigenvalue weighted by molar-refractivity contribution is 5.78. The first-order valence-corrected chi connectivity index (χ1v) is 6.62. The minimum Gasteiger partial charge on any atom is -0.481 e. The van der Waals surface area contributed by atoms with Crippen molar-refractivity contribution in [1.29, 1.82) is 0 Å². The zero-order valence-corrected chi connectivity index (χ0v) is 11.3. The van der Waals surface area contributed by atoms with Gasteiger partial charge in [0.05, 0.1) is 5.92 Å². The van der Waals surface area contributed by atoms with Crippen molar-refractivity contribution in [2.24, 2.45) is 17.8 Å². The Bertz CT molecular complexity index is 435. The fraction of sp³-hybridized carbons (Fsp3) is 0.375. The maximum Gasteiger partial charge on any atom is 0.327 e. The highest BCUT2D eigenvalue weighted by Crippen LogP contribution is 2.43. The van der Waals surface area contributed by atoms with Gasteiger partial charge in [-0.25, -0.2) is 4.79 Å². The third-order valence-electron chi connectivity index (χ3n) is 3.43. The highest BCUT2D eigenvalue weighted by Gasteiger charge is 2.39. The van der Waals surface area contributed by atoms with Gasteiger partial charge < -0.3 is 10.2 Å². The van der Waals surface area contributed by atoms with Crippen LogP contribution in [0.1, 0.15) is 19.3 Å². The van der Waals surface area contributed by atoms with Crippen molar-refractivity contribution in [3.8, 4) is 0 Å². The summed E-state index contributed by atoms with van der Waals surface area (Å²) in [5.41, 5.74) is 0. The topological polar surface area (TPSA) is 74.6 Å². The van der Waals surface area contributed by atoms with Gasteiger partial charge in [-0.1, -0.05) is 43.0 Å². The molecule has 0 heterocycles. The third-order valence-corrected chi connectivity index (χ3v) is 3.43. The number of carbonyl (C=O) groups is 2. The lowest BCUT2D eigenvalue weighted by Crippen LogP contribution is -2.17. The molecule has 0 spiro atoms. The van der Waals surface area contributed by atoms with E-state index in [4.69, 9.17) is 10.2 Å². The van der Waals surface area contributed by atoms with E-state index in [0.717, 1.165) is 25.3 Å². The predicted octanol–water partition coefficient (Wildman–Crippen LogP) is 3.04. The van der Waals surface area contributed by atoms with E-state index < -0.39 is 11.9 Å². The fourth-order valence-electron chi connectivity index (χ4n) is 2.46. The Morgan fingerprint density at radius 2 is 1.70 bits per heavy atom. The maximum absolute atomic E-state index is 10.6. The molecule has 1 saturated carbocycles. The third kappa shape index (κ3) is 5.26. The Hall–Kier alpha value is -2.10. The number of rotatable bonds is 2. The number of fused-ring (bicyclic) bond motifs is 2. The minimum absolute atomic E-state index is 0.0741. The maximum atomic E-state index is 10.6. The number of carboxylic acids is 2. The van der Waals surface area contributed by atoms with Crippen LogP contribution < -0.4 is 0 Å². The summed E-state index contributed by atoms with van der Waals surface area (Å²) in [5, 5.41) is 16.3. The van der Waals surface area contributed by atoms with E-state index in [1.54, 1.807) is 0 Å².